The molecule has 0 fully saturated rings. The number of methoxy groups -OCH3 is 1. The molecule has 0 unspecified atom stereocenters. The van der Waals surface area contributed by atoms with Crippen molar-refractivity contribution in [1.82, 2.24) is 4.98 Å². The van der Waals surface area contributed by atoms with Crippen molar-refractivity contribution in [3.8, 4) is 5.88 Å². The molecule has 0 aliphatic heterocycles. The van der Waals surface area contributed by atoms with Crippen LogP contribution < -0.4 is 4.74 Å². The number of aliphatic carboxylic acids is 1. The van der Waals surface area contributed by atoms with Gasteiger partial charge in [0.25, 0.3) is 0 Å². The summed E-state index contributed by atoms with van der Waals surface area (Å²) in [5.41, 5.74) is 0. The van der Waals surface area contributed by atoms with E-state index in [1.54, 1.807) is 32.2 Å². The van der Waals surface area contributed by atoms with Gasteiger partial charge in [-0.15, -0.1) is 11.8 Å². The zero-order valence-electron chi connectivity index (χ0n) is 8.85. The van der Waals surface area contributed by atoms with E-state index in [1.807, 2.05) is 0 Å². The van der Waals surface area contributed by atoms with Crippen molar-refractivity contribution in [1.29, 1.82) is 0 Å². The normalized spacial score (nSPS) is 11.1. The van der Waals surface area contributed by atoms with Gasteiger partial charge in [-0.25, -0.2) is 4.98 Å². The van der Waals surface area contributed by atoms with Crippen molar-refractivity contribution >= 4 is 17.7 Å². The van der Waals surface area contributed by atoms with Gasteiger partial charge in [-0.05, 0) is 19.9 Å². The molecular formula is C10H13NO3S. The van der Waals surface area contributed by atoms with Crippen LogP contribution in [0.2, 0.25) is 0 Å². The largest absolute Gasteiger partial charge is 0.481 e. The molecule has 4 nitrogen and oxygen atoms in total. The number of thioether (sulfide) groups is 1. The highest BCUT2D eigenvalue weighted by Gasteiger charge is 2.28. The molecule has 0 aromatic carbocycles. The molecular weight excluding hydrogens is 214 g/mol. The van der Waals surface area contributed by atoms with E-state index >= 15 is 0 Å². The maximum Gasteiger partial charge on any atom is 0.319 e. The molecule has 0 saturated carbocycles. The lowest BCUT2D eigenvalue weighted by Gasteiger charge is -2.18. The summed E-state index contributed by atoms with van der Waals surface area (Å²) in [6.07, 6.45) is 1.60. The Morgan fingerprint density at radius 2 is 2.27 bits per heavy atom. The van der Waals surface area contributed by atoms with Crippen molar-refractivity contribution in [3.05, 3.63) is 18.3 Å². The highest BCUT2D eigenvalue weighted by atomic mass is 32.2. The third-order valence-electron chi connectivity index (χ3n) is 1.80. The zero-order valence-corrected chi connectivity index (χ0v) is 9.67. The summed E-state index contributed by atoms with van der Waals surface area (Å²) in [6, 6.07) is 3.48. The predicted molar refractivity (Wildman–Crippen MR) is 58.4 cm³/mol. The number of hydrogen-bond donors (Lipinski definition) is 1. The standard InChI is InChI=1S/C10H13NO3S/c1-10(2,9(12)13)15-7-4-5-11-8(6-7)14-3/h4-6H,1-3H3,(H,12,13). The van der Waals surface area contributed by atoms with Crippen LogP contribution >= 0.6 is 11.8 Å². The first-order valence-electron chi connectivity index (χ1n) is 4.38. The number of pyridine rings is 1. The Balaban J connectivity index is 2.85. The topological polar surface area (TPSA) is 59.4 Å². The van der Waals surface area contributed by atoms with E-state index in [0.717, 1.165) is 4.90 Å². The van der Waals surface area contributed by atoms with Crippen LogP contribution in [0.3, 0.4) is 0 Å². The monoisotopic (exact) mass is 227 g/mol. The van der Waals surface area contributed by atoms with E-state index in [9.17, 15) is 4.79 Å². The van der Waals surface area contributed by atoms with Crippen molar-refractivity contribution in [2.24, 2.45) is 0 Å². The fourth-order valence-corrected chi connectivity index (χ4v) is 1.87. The summed E-state index contributed by atoms with van der Waals surface area (Å²) in [4.78, 5) is 15.7. The molecule has 0 aliphatic carbocycles. The summed E-state index contributed by atoms with van der Waals surface area (Å²) in [7, 11) is 1.53. The quantitative estimate of drug-likeness (QED) is 0.798. The van der Waals surface area contributed by atoms with Crippen LogP contribution in [0, 0.1) is 0 Å². The number of aromatic nitrogens is 1. The van der Waals surface area contributed by atoms with E-state index in [4.69, 9.17) is 9.84 Å². The van der Waals surface area contributed by atoms with Crippen molar-refractivity contribution in [3.63, 3.8) is 0 Å². The lowest BCUT2D eigenvalue weighted by molar-refractivity contribution is -0.138. The second-order valence-corrected chi connectivity index (χ2v) is 5.15. The summed E-state index contributed by atoms with van der Waals surface area (Å²) < 4.78 is 4.10. The molecule has 0 bridgehead atoms. The number of carboxylic acid groups (broad SMARTS) is 1. The lowest BCUT2D eigenvalue weighted by Crippen LogP contribution is -2.26. The minimum absolute atomic E-state index is 0.487. The highest BCUT2D eigenvalue weighted by molar-refractivity contribution is 8.01. The Kier molecular flexibility index (Phi) is 3.57. The molecule has 1 aromatic heterocycles. The summed E-state index contributed by atoms with van der Waals surface area (Å²) in [6.45, 7) is 3.32. The third-order valence-corrected chi connectivity index (χ3v) is 2.98. The van der Waals surface area contributed by atoms with Gasteiger partial charge in [0, 0.05) is 17.2 Å². The van der Waals surface area contributed by atoms with Gasteiger partial charge in [0.15, 0.2) is 0 Å². The summed E-state index contributed by atoms with van der Waals surface area (Å²) in [5, 5.41) is 8.96. The maximum absolute atomic E-state index is 10.9. The second kappa shape index (κ2) is 4.53. The van der Waals surface area contributed by atoms with E-state index in [0.29, 0.717) is 5.88 Å². The minimum atomic E-state index is -0.855. The second-order valence-electron chi connectivity index (χ2n) is 3.45. The van der Waals surface area contributed by atoms with Gasteiger partial charge >= 0.3 is 5.97 Å². The molecule has 15 heavy (non-hydrogen) atoms. The van der Waals surface area contributed by atoms with Crippen LogP contribution in [-0.2, 0) is 4.79 Å². The Morgan fingerprint density at radius 1 is 1.60 bits per heavy atom. The Bertz CT molecular complexity index is 365. The number of hydrogen-bond acceptors (Lipinski definition) is 4. The Hall–Kier alpha value is -1.23. The highest BCUT2D eigenvalue weighted by Crippen LogP contribution is 2.33. The van der Waals surface area contributed by atoms with Crippen LogP contribution in [0.1, 0.15) is 13.8 Å². The first-order chi connectivity index (χ1) is 6.95. The fraction of sp³-hybridized carbons (Fsp3) is 0.400. The molecule has 0 saturated heterocycles. The first-order valence-corrected chi connectivity index (χ1v) is 5.20. The molecule has 0 amide bonds. The van der Waals surface area contributed by atoms with Gasteiger partial charge in [0.1, 0.15) is 4.75 Å². The molecule has 82 valence electrons. The van der Waals surface area contributed by atoms with Crippen molar-refractivity contribution < 1.29 is 14.6 Å². The van der Waals surface area contributed by atoms with Crippen LogP contribution in [-0.4, -0.2) is 27.9 Å². The number of carboxylic acids is 1. The van der Waals surface area contributed by atoms with Gasteiger partial charge in [-0.3, -0.25) is 4.79 Å². The van der Waals surface area contributed by atoms with Gasteiger partial charge < -0.3 is 9.84 Å². The molecule has 1 N–H and O–H groups in total. The molecule has 1 rings (SSSR count). The fourth-order valence-electron chi connectivity index (χ4n) is 0.905. The molecule has 0 radical (unpaired) electrons. The number of carbonyl (C=O) groups is 1. The average molecular weight is 227 g/mol. The zero-order chi connectivity index (χ0) is 11.5. The SMILES string of the molecule is COc1cc(SC(C)(C)C(=O)O)ccn1. The molecule has 1 heterocycles. The summed E-state index contributed by atoms with van der Waals surface area (Å²) in [5.74, 6) is -0.357. The molecule has 1 aromatic rings. The Morgan fingerprint density at radius 3 is 2.80 bits per heavy atom. The number of nitrogens with zero attached hydrogens (tertiary/aromatic N) is 1. The van der Waals surface area contributed by atoms with Crippen LogP contribution in [0.4, 0.5) is 0 Å². The third kappa shape index (κ3) is 3.13. The number of ether oxygens (including phenoxy) is 1. The average Bonchev–Trinajstić information content (AvgIpc) is 2.17. The maximum atomic E-state index is 10.9. The van der Waals surface area contributed by atoms with Gasteiger partial charge in [0.2, 0.25) is 5.88 Å². The number of rotatable bonds is 4. The minimum Gasteiger partial charge on any atom is -0.481 e. The first kappa shape index (κ1) is 11.8. The van der Waals surface area contributed by atoms with Crippen molar-refractivity contribution in [2.45, 2.75) is 23.5 Å². The van der Waals surface area contributed by atoms with E-state index in [1.165, 1.54) is 18.9 Å². The van der Waals surface area contributed by atoms with E-state index in [-0.39, 0.29) is 0 Å². The Labute approximate surface area is 92.7 Å². The molecule has 0 atom stereocenters. The van der Waals surface area contributed by atoms with E-state index < -0.39 is 10.7 Å². The van der Waals surface area contributed by atoms with Crippen LogP contribution in [0.5, 0.6) is 5.88 Å². The molecule has 0 aliphatic rings. The molecule has 0 spiro atoms. The van der Waals surface area contributed by atoms with E-state index in [2.05, 4.69) is 4.98 Å². The van der Waals surface area contributed by atoms with Crippen LogP contribution in [0.25, 0.3) is 0 Å². The lowest BCUT2D eigenvalue weighted by atomic mass is 10.2. The van der Waals surface area contributed by atoms with Gasteiger partial charge in [-0.2, -0.15) is 0 Å². The van der Waals surface area contributed by atoms with Crippen LogP contribution in [0.15, 0.2) is 23.2 Å². The van der Waals surface area contributed by atoms with Gasteiger partial charge in [0.05, 0.1) is 7.11 Å². The summed E-state index contributed by atoms with van der Waals surface area (Å²) >= 11 is 1.26. The van der Waals surface area contributed by atoms with Crippen molar-refractivity contribution in [2.75, 3.05) is 7.11 Å². The van der Waals surface area contributed by atoms with Gasteiger partial charge in [-0.1, -0.05) is 0 Å². The molecule has 5 heteroatoms. The predicted octanol–water partition coefficient (Wildman–Crippen LogP) is 2.05. The smallest absolute Gasteiger partial charge is 0.319 e.